The molecule has 0 aliphatic carbocycles. The molecule has 0 aliphatic heterocycles. The van der Waals surface area contributed by atoms with Crippen molar-refractivity contribution in [3.63, 3.8) is 0 Å². The zero-order valence-electron chi connectivity index (χ0n) is 56.6. The van der Waals surface area contributed by atoms with E-state index in [2.05, 4.69) is 346 Å². The number of fused-ring (bicyclic) bond motifs is 13. The van der Waals surface area contributed by atoms with Crippen molar-refractivity contribution >= 4 is 109 Å². The van der Waals surface area contributed by atoms with Gasteiger partial charge in [-0.05, 0) is 234 Å². The van der Waals surface area contributed by atoms with Crippen LogP contribution >= 0.6 is 11.3 Å². The third-order valence-electron chi connectivity index (χ3n) is 20.8. The first-order valence-electron chi connectivity index (χ1n) is 34.4. The molecule has 14 aromatic carbocycles. The number of para-hydroxylation sites is 2. The van der Waals surface area contributed by atoms with Crippen LogP contribution in [-0.2, 0) is 0 Å². The van der Waals surface area contributed by atoms with E-state index < -0.39 is 0 Å². The summed E-state index contributed by atoms with van der Waals surface area (Å²) < 4.78 is 10.6. The third-order valence-corrected chi connectivity index (χ3v) is 21.9. The van der Waals surface area contributed by atoms with E-state index in [1.165, 1.54) is 82.0 Å². The SMILES string of the molecule is Cc1ccc2c(c1)c1ccccc1n2-c1ccc(-c2c(-c3nc4ccccc4s3)c(C#N)c(-c3ccc(-n4c5ccc(C)cc5c5cc(C)ccc54)cc3)c(-c3ccc(-n4c5ccc(C)cc5c5cc(C)ccc54)cc3)c2-c2ccc(-n3c4ccc(C)cc4c4cc(C)ccc43)cc2)cc1. The van der Waals surface area contributed by atoms with Crippen molar-refractivity contribution in [2.24, 2.45) is 0 Å². The lowest BCUT2D eigenvalue weighted by Gasteiger charge is -2.26. The molecule has 0 radical (unpaired) electrons. The average molecular weight is 1300 g/mol. The van der Waals surface area contributed by atoms with Crippen molar-refractivity contribution in [3.8, 4) is 83.9 Å². The number of aryl methyl sites for hydroxylation is 7. The predicted molar refractivity (Wildman–Crippen MR) is 422 cm³/mol. The first kappa shape index (κ1) is 59.0. The van der Waals surface area contributed by atoms with Crippen LogP contribution in [0.4, 0.5) is 0 Å². The number of nitriles is 1. The summed E-state index contributed by atoms with van der Waals surface area (Å²) in [4.78, 5) is 5.57. The van der Waals surface area contributed by atoms with E-state index in [0.29, 0.717) is 5.56 Å². The Morgan fingerprint density at radius 1 is 0.270 bits per heavy atom. The van der Waals surface area contributed by atoms with Crippen LogP contribution in [0.15, 0.2) is 273 Å². The highest BCUT2D eigenvalue weighted by Gasteiger charge is 2.31. The molecule has 0 saturated heterocycles. The van der Waals surface area contributed by atoms with Crippen LogP contribution in [-0.4, -0.2) is 23.3 Å². The number of rotatable bonds is 9. The Labute approximate surface area is 583 Å². The summed E-state index contributed by atoms with van der Waals surface area (Å²) in [5, 5.41) is 23.2. The van der Waals surface area contributed by atoms with Crippen LogP contribution < -0.4 is 0 Å². The highest BCUT2D eigenvalue weighted by Crippen LogP contribution is 2.55. The Kier molecular flexibility index (Phi) is 13.3. The Balaban J connectivity index is 0.922. The van der Waals surface area contributed by atoms with E-state index in [9.17, 15) is 5.26 Å². The lowest BCUT2D eigenvalue weighted by atomic mass is 9.77. The molecule has 0 spiro atoms. The highest BCUT2D eigenvalue weighted by molar-refractivity contribution is 7.21. The Morgan fingerprint density at radius 2 is 0.540 bits per heavy atom. The summed E-state index contributed by atoms with van der Waals surface area (Å²) in [6.07, 6.45) is 0. The van der Waals surface area contributed by atoms with Gasteiger partial charge in [0.15, 0.2) is 0 Å². The fourth-order valence-electron chi connectivity index (χ4n) is 16.3. The van der Waals surface area contributed by atoms with Crippen LogP contribution in [0, 0.1) is 59.8 Å². The van der Waals surface area contributed by atoms with Gasteiger partial charge in [-0.3, -0.25) is 0 Å². The number of nitrogens with zero attached hydrogens (tertiary/aromatic N) is 6. The lowest BCUT2D eigenvalue weighted by Crippen LogP contribution is -2.03. The molecular weight excluding hydrogens is 1230 g/mol. The molecule has 6 nitrogen and oxygen atoms in total. The second-order valence-electron chi connectivity index (χ2n) is 27.5. The fourth-order valence-corrected chi connectivity index (χ4v) is 17.3. The zero-order chi connectivity index (χ0) is 67.3. The maximum absolute atomic E-state index is 12.6. The van der Waals surface area contributed by atoms with Crippen LogP contribution in [0.1, 0.15) is 44.5 Å². The maximum Gasteiger partial charge on any atom is 0.126 e. The summed E-state index contributed by atoms with van der Waals surface area (Å²) in [6.45, 7) is 15.2. The van der Waals surface area contributed by atoms with Gasteiger partial charge in [-0.2, -0.15) is 5.26 Å². The topological polar surface area (TPSA) is 56.4 Å². The van der Waals surface area contributed by atoms with E-state index in [4.69, 9.17) is 4.98 Å². The first-order chi connectivity index (χ1) is 48.9. The molecule has 0 unspecified atom stereocenters. The van der Waals surface area contributed by atoms with E-state index in [0.717, 1.165) is 132 Å². The molecule has 0 saturated carbocycles. The third kappa shape index (κ3) is 9.18. The number of benzene rings is 14. The molecule has 0 aliphatic rings. The molecule has 0 fully saturated rings. The Hall–Kier alpha value is -12.3. The molecule has 0 atom stereocenters. The van der Waals surface area contributed by atoms with Crippen molar-refractivity contribution in [1.29, 1.82) is 5.26 Å². The molecule has 5 heterocycles. The summed E-state index contributed by atoms with van der Waals surface area (Å²) in [6, 6.07) is 104. The zero-order valence-corrected chi connectivity index (χ0v) is 57.4. The summed E-state index contributed by atoms with van der Waals surface area (Å²) in [7, 11) is 0. The van der Waals surface area contributed by atoms with Crippen molar-refractivity contribution in [3.05, 3.63) is 317 Å². The molecule has 5 aromatic heterocycles. The van der Waals surface area contributed by atoms with Gasteiger partial charge in [0, 0.05) is 82.5 Å². The van der Waals surface area contributed by atoms with E-state index in [1.807, 2.05) is 0 Å². The second-order valence-corrected chi connectivity index (χ2v) is 28.6. The van der Waals surface area contributed by atoms with E-state index in [1.54, 1.807) is 11.3 Å². The number of aromatic nitrogens is 5. The monoisotopic (exact) mass is 1300 g/mol. The quantitative estimate of drug-likeness (QED) is 0.145. The summed E-state index contributed by atoms with van der Waals surface area (Å²) in [5.41, 5.74) is 31.7. The molecule has 19 aromatic rings. The van der Waals surface area contributed by atoms with Crippen molar-refractivity contribution in [2.75, 3.05) is 0 Å². The summed E-state index contributed by atoms with van der Waals surface area (Å²) >= 11 is 1.64. The van der Waals surface area contributed by atoms with Crippen LogP contribution in [0.2, 0.25) is 0 Å². The average Bonchev–Trinajstić information content (AvgIpc) is 0.814. The standard InChI is InChI=1S/C93H66N6S/c1-54-16-39-80-70(46-54)69-12-8-10-14-79(69)96(80)65-37-29-64(30-38-65)91-90(63-27-35-68(36-28-63)99-85-44-21-59(6)51-75(85)76-52-60(7)22-45-86(76)99)89(62-25-33-67(34-26-62)98-83-42-19-57(4)49-73(83)74-50-58(5)20-43-84(74)98)88(77(53-94)92(91)93-95-78-13-9-11-15-87(78)100-93)61-23-31-66(32-24-61)97-81-40-17-55(2)47-71(81)72-48-56(3)18-41-82(72)97/h8-52H,1-7H3. The van der Waals surface area contributed by atoms with Crippen molar-refractivity contribution < 1.29 is 0 Å². The van der Waals surface area contributed by atoms with Gasteiger partial charge in [-0.1, -0.05) is 160 Å². The molecule has 19 rings (SSSR count). The van der Waals surface area contributed by atoms with Gasteiger partial charge in [0.05, 0.1) is 59.9 Å². The van der Waals surface area contributed by atoms with Gasteiger partial charge in [0.2, 0.25) is 0 Å². The van der Waals surface area contributed by atoms with Gasteiger partial charge in [-0.15, -0.1) is 11.3 Å². The van der Waals surface area contributed by atoms with Gasteiger partial charge in [0.25, 0.3) is 0 Å². The van der Waals surface area contributed by atoms with Crippen LogP contribution in [0.5, 0.6) is 0 Å². The van der Waals surface area contributed by atoms with Crippen LogP contribution in [0.3, 0.4) is 0 Å². The van der Waals surface area contributed by atoms with Gasteiger partial charge in [0.1, 0.15) is 11.1 Å². The largest absolute Gasteiger partial charge is 0.309 e. The smallest absolute Gasteiger partial charge is 0.126 e. The van der Waals surface area contributed by atoms with Gasteiger partial charge < -0.3 is 18.3 Å². The predicted octanol–water partition coefficient (Wildman–Crippen LogP) is 25.1. The normalized spacial score (nSPS) is 11.9. The molecule has 100 heavy (non-hydrogen) atoms. The summed E-state index contributed by atoms with van der Waals surface area (Å²) in [5.74, 6) is 0. The first-order valence-corrected chi connectivity index (χ1v) is 35.2. The molecule has 7 heteroatoms. The number of thiazole rings is 1. The molecule has 474 valence electrons. The Bertz CT molecular complexity index is 6490. The highest BCUT2D eigenvalue weighted by atomic mass is 32.1. The van der Waals surface area contributed by atoms with Crippen molar-refractivity contribution in [2.45, 2.75) is 48.5 Å². The van der Waals surface area contributed by atoms with E-state index in [-0.39, 0.29) is 0 Å². The fraction of sp³-hybridized carbons (Fsp3) is 0.0753. The molecule has 0 bridgehead atoms. The van der Waals surface area contributed by atoms with Crippen molar-refractivity contribution in [1.82, 2.24) is 23.3 Å². The molecule has 0 N–H and O–H groups in total. The van der Waals surface area contributed by atoms with Gasteiger partial charge in [-0.25, -0.2) is 4.98 Å². The minimum absolute atomic E-state index is 0.551. The minimum atomic E-state index is 0.551. The second kappa shape index (κ2) is 22.6. The van der Waals surface area contributed by atoms with E-state index >= 15 is 0 Å². The minimum Gasteiger partial charge on any atom is -0.309 e. The van der Waals surface area contributed by atoms with Gasteiger partial charge >= 0.3 is 0 Å². The van der Waals surface area contributed by atoms with Crippen LogP contribution in [0.25, 0.3) is 175 Å². The lowest BCUT2D eigenvalue weighted by molar-refractivity contribution is 1.18. The Morgan fingerprint density at radius 3 is 0.870 bits per heavy atom. The molecular formula is C93H66N6S. The number of hydrogen-bond donors (Lipinski definition) is 0. The number of hydrogen-bond acceptors (Lipinski definition) is 3. The maximum atomic E-state index is 12.6. The molecule has 0 amide bonds.